The standard InChI is InChI=1S/C34H34INO6S/c1-20(13-21-14-27(35)32(37)29(15-21)40-2)10-11-28-30-22(18-41-23-7-4-3-5-8-23)16-25-31(26(30)19-42-28)34(39)36(33(25)38)17-24-9-6-12-43-24/h3-9,12-15,25-26,28,31,37H,10-11,16-19H2,1-2H3/b20-13+/t25-,26+,28-,31-/m1/s1. The highest BCUT2D eigenvalue weighted by molar-refractivity contribution is 14.1. The van der Waals surface area contributed by atoms with Gasteiger partial charge in [-0.05, 0) is 101 Å². The number of phenolic OH excluding ortho intramolecular Hbond substituents is 1. The van der Waals surface area contributed by atoms with Crippen LogP contribution in [0.25, 0.3) is 6.08 Å². The molecule has 2 aliphatic heterocycles. The quantitative estimate of drug-likeness (QED) is 0.141. The van der Waals surface area contributed by atoms with E-state index in [2.05, 4.69) is 35.6 Å². The van der Waals surface area contributed by atoms with Gasteiger partial charge >= 0.3 is 0 Å². The normalized spacial score (nSPS) is 23.5. The van der Waals surface area contributed by atoms with E-state index in [4.69, 9.17) is 14.2 Å². The van der Waals surface area contributed by atoms with Crippen molar-refractivity contribution in [1.82, 2.24) is 4.90 Å². The van der Waals surface area contributed by atoms with Crippen molar-refractivity contribution in [2.24, 2.45) is 17.8 Å². The molecule has 4 atom stereocenters. The van der Waals surface area contributed by atoms with E-state index in [1.165, 1.54) is 10.5 Å². The first kappa shape index (κ1) is 29.9. The Hall–Kier alpha value is -3.15. The number of rotatable bonds is 10. The predicted octanol–water partition coefficient (Wildman–Crippen LogP) is 6.85. The van der Waals surface area contributed by atoms with Crippen molar-refractivity contribution in [3.8, 4) is 17.2 Å². The minimum atomic E-state index is -0.392. The predicted molar refractivity (Wildman–Crippen MR) is 174 cm³/mol. The van der Waals surface area contributed by atoms with Crippen molar-refractivity contribution in [2.75, 3.05) is 20.3 Å². The van der Waals surface area contributed by atoms with E-state index in [9.17, 15) is 14.7 Å². The van der Waals surface area contributed by atoms with E-state index >= 15 is 0 Å². The number of hydrogen-bond donors (Lipinski definition) is 1. The molecule has 0 spiro atoms. The highest BCUT2D eigenvalue weighted by Crippen LogP contribution is 2.50. The summed E-state index contributed by atoms with van der Waals surface area (Å²) in [5, 5.41) is 12.2. The van der Waals surface area contributed by atoms with Gasteiger partial charge in [0.25, 0.3) is 0 Å². The smallest absolute Gasteiger partial charge is 0.234 e. The van der Waals surface area contributed by atoms with Gasteiger partial charge in [-0.1, -0.05) is 35.9 Å². The third kappa shape index (κ3) is 6.12. The van der Waals surface area contributed by atoms with Crippen molar-refractivity contribution < 1.29 is 28.9 Å². The molecule has 2 aromatic carbocycles. The Morgan fingerprint density at radius 2 is 1.95 bits per heavy atom. The SMILES string of the molecule is COc1cc(/C=C(\C)CC[C@H]2OC[C@H]3C2=C(COc2ccccc2)C[C@H]2C(=O)N(Cc4cccs4)C(=O)[C@H]23)cc(I)c1O. The lowest BCUT2D eigenvalue weighted by atomic mass is 9.69. The van der Waals surface area contributed by atoms with E-state index in [0.717, 1.165) is 43.7 Å². The Morgan fingerprint density at radius 3 is 2.70 bits per heavy atom. The Labute approximate surface area is 269 Å². The Bertz CT molecular complexity index is 1570. The molecule has 2 saturated heterocycles. The van der Waals surface area contributed by atoms with Crippen molar-refractivity contribution >= 4 is 51.8 Å². The van der Waals surface area contributed by atoms with Crippen LogP contribution in [0, 0.1) is 21.3 Å². The number of hydrogen-bond acceptors (Lipinski definition) is 7. The molecule has 1 aromatic heterocycles. The number of ether oxygens (including phenoxy) is 3. The van der Waals surface area contributed by atoms with E-state index in [1.54, 1.807) is 18.4 Å². The number of likely N-dealkylation sites (tertiary alicyclic amines) is 1. The number of thiophene rings is 1. The molecular formula is C34H34INO6S. The van der Waals surface area contributed by atoms with Crippen molar-refractivity contribution in [1.29, 1.82) is 0 Å². The Morgan fingerprint density at radius 1 is 1.14 bits per heavy atom. The van der Waals surface area contributed by atoms with Gasteiger partial charge in [0.2, 0.25) is 11.8 Å². The summed E-state index contributed by atoms with van der Waals surface area (Å²) in [5.74, 6) is 0.297. The van der Waals surface area contributed by atoms with Gasteiger partial charge in [0.15, 0.2) is 11.5 Å². The maximum Gasteiger partial charge on any atom is 0.234 e. The summed E-state index contributed by atoms with van der Waals surface area (Å²) in [4.78, 5) is 29.8. The number of carbonyl (C=O) groups is 2. The molecule has 3 aromatic rings. The van der Waals surface area contributed by atoms with Crippen LogP contribution in [0.3, 0.4) is 0 Å². The van der Waals surface area contributed by atoms with Gasteiger partial charge in [-0.2, -0.15) is 0 Å². The first-order valence-electron chi connectivity index (χ1n) is 14.5. The molecule has 0 saturated carbocycles. The molecule has 2 fully saturated rings. The van der Waals surface area contributed by atoms with Gasteiger partial charge in [-0.25, -0.2) is 0 Å². The van der Waals surface area contributed by atoms with Crippen LogP contribution < -0.4 is 9.47 Å². The van der Waals surface area contributed by atoms with E-state index in [1.807, 2.05) is 60.0 Å². The zero-order chi connectivity index (χ0) is 30.1. The summed E-state index contributed by atoms with van der Waals surface area (Å²) in [7, 11) is 1.55. The number of carbonyl (C=O) groups excluding carboxylic acids is 2. The molecule has 1 N–H and O–H groups in total. The highest BCUT2D eigenvalue weighted by Gasteiger charge is 2.57. The average Bonchev–Trinajstić information content (AvgIpc) is 3.73. The van der Waals surface area contributed by atoms with Crippen LogP contribution in [-0.2, 0) is 20.9 Å². The van der Waals surface area contributed by atoms with E-state index in [-0.39, 0.29) is 35.5 Å². The molecule has 0 bridgehead atoms. The monoisotopic (exact) mass is 711 g/mol. The number of methoxy groups -OCH3 is 1. The van der Waals surface area contributed by atoms with Crippen LogP contribution in [0.5, 0.6) is 17.2 Å². The third-order valence-electron chi connectivity index (χ3n) is 8.63. The van der Waals surface area contributed by atoms with Crippen LogP contribution >= 0.6 is 33.9 Å². The number of nitrogens with zero attached hydrogens (tertiary/aromatic N) is 1. The van der Waals surface area contributed by atoms with Crippen molar-refractivity contribution in [2.45, 2.75) is 38.8 Å². The summed E-state index contributed by atoms with van der Waals surface area (Å²) in [6.45, 7) is 3.21. The van der Waals surface area contributed by atoms with Crippen LogP contribution in [0.4, 0.5) is 0 Å². The molecule has 43 heavy (non-hydrogen) atoms. The van der Waals surface area contributed by atoms with Gasteiger partial charge in [0.05, 0.1) is 41.8 Å². The van der Waals surface area contributed by atoms with Gasteiger partial charge in [0.1, 0.15) is 12.4 Å². The number of fused-ring (bicyclic) bond motifs is 3. The summed E-state index contributed by atoms with van der Waals surface area (Å²) in [6.07, 6.45) is 4.01. The fourth-order valence-electron chi connectivity index (χ4n) is 6.62. The number of amides is 2. The average molecular weight is 712 g/mol. The van der Waals surface area contributed by atoms with E-state index < -0.39 is 5.92 Å². The minimum absolute atomic E-state index is 0.0786. The lowest BCUT2D eigenvalue weighted by Gasteiger charge is -2.31. The second-order valence-electron chi connectivity index (χ2n) is 11.4. The Kier molecular flexibility index (Phi) is 8.93. The molecule has 7 nitrogen and oxygen atoms in total. The summed E-state index contributed by atoms with van der Waals surface area (Å²) >= 11 is 3.66. The molecule has 3 heterocycles. The van der Waals surface area contributed by atoms with Crippen LogP contribution in [0.1, 0.15) is 36.6 Å². The molecule has 0 unspecified atom stereocenters. The molecule has 3 aliphatic rings. The summed E-state index contributed by atoms with van der Waals surface area (Å²) in [6, 6.07) is 17.4. The van der Waals surface area contributed by atoms with Crippen molar-refractivity contribution in [3.05, 3.63) is 90.7 Å². The minimum Gasteiger partial charge on any atom is -0.504 e. The van der Waals surface area contributed by atoms with Crippen LogP contribution in [0.2, 0.25) is 0 Å². The number of allylic oxidation sites excluding steroid dienone is 1. The number of imide groups is 1. The third-order valence-corrected chi connectivity index (χ3v) is 10.3. The lowest BCUT2D eigenvalue weighted by Crippen LogP contribution is -2.35. The maximum absolute atomic E-state index is 13.7. The summed E-state index contributed by atoms with van der Waals surface area (Å²) in [5.41, 5.74) is 4.35. The first-order valence-corrected chi connectivity index (χ1v) is 16.4. The first-order chi connectivity index (χ1) is 20.8. The number of para-hydroxylation sites is 1. The van der Waals surface area contributed by atoms with Gasteiger partial charge in [-0.3, -0.25) is 14.5 Å². The van der Waals surface area contributed by atoms with Gasteiger partial charge in [-0.15, -0.1) is 11.3 Å². The zero-order valence-electron chi connectivity index (χ0n) is 24.1. The molecular weight excluding hydrogens is 677 g/mol. The fraction of sp³-hybridized carbons (Fsp3) is 0.353. The molecule has 224 valence electrons. The van der Waals surface area contributed by atoms with Gasteiger partial charge < -0.3 is 19.3 Å². The lowest BCUT2D eigenvalue weighted by molar-refractivity contribution is -0.140. The van der Waals surface area contributed by atoms with Crippen molar-refractivity contribution in [3.63, 3.8) is 0 Å². The molecule has 9 heteroatoms. The van der Waals surface area contributed by atoms with Crippen LogP contribution in [0.15, 0.2) is 76.7 Å². The fourth-order valence-corrected chi connectivity index (χ4v) is 7.94. The molecule has 0 radical (unpaired) electrons. The zero-order valence-corrected chi connectivity index (χ0v) is 27.1. The largest absolute Gasteiger partial charge is 0.504 e. The van der Waals surface area contributed by atoms with Gasteiger partial charge in [0, 0.05) is 10.8 Å². The molecule has 6 rings (SSSR count). The molecule has 1 aliphatic carbocycles. The second-order valence-corrected chi connectivity index (χ2v) is 13.5. The maximum atomic E-state index is 13.7. The number of phenols is 1. The number of halogens is 1. The Balaban J connectivity index is 1.24. The second kappa shape index (κ2) is 12.8. The highest BCUT2D eigenvalue weighted by atomic mass is 127. The van der Waals surface area contributed by atoms with Crippen LogP contribution in [-0.4, -0.2) is 48.2 Å². The van der Waals surface area contributed by atoms with E-state index in [0.29, 0.717) is 31.9 Å². The number of benzene rings is 2. The summed E-state index contributed by atoms with van der Waals surface area (Å²) < 4.78 is 18.7. The topological polar surface area (TPSA) is 85.3 Å². The molecule has 2 amide bonds. The number of aromatic hydroxyl groups is 1.